The Hall–Kier alpha value is -2.37. The quantitative estimate of drug-likeness (QED) is 0.827. The van der Waals surface area contributed by atoms with Gasteiger partial charge in [0.05, 0.1) is 12.3 Å². The largest absolute Gasteiger partial charge is 0.481 e. The summed E-state index contributed by atoms with van der Waals surface area (Å²) < 4.78 is 0. The number of amides is 2. The Morgan fingerprint density at radius 1 is 1.29 bits per heavy atom. The van der Waals surface area contributed by atoms with E-state index in [9.17, 15) is 14.4 Å². The smallest absolute Gasteiger partial charge is 0.305 e. The second kappa shape index (κ2) is 7.95. The first kappa shape index (κ1) is 18.0. The molecule has 0 bridgehead atoms. The van der Waals surface area contributed by atoms with E-state index < -0.39 is 11.9 Å². The zero-order chi connectivity index (χ0) is 17.7. The number of benzene rings is 1. The van der Waals surface area contributed by atoms with Crippen molar-refractivity contribution in [2.45, 2.75) is 33.1 Å². The van der Waals surface area contributed by atoms with E-state index in [0.717, 1.165) is 17.7 Å². The fourth-order valence-corrected chi connectivity index (χ4v) is 3.09. The number of aryl methyl sites for hydroxylation is 1. The van der Waals surface area contributed by atoms with Gasteiger partial charge in [0.25, 0.3) is 0 Å². The average molecular weight is 332 g/mol. The number of rotatable bonds is 7. The predicted molar refractivity (Wildman–Crippen MR) is 90.8 cm³/mol. The van der Waals surface area contributed by atoms with Crippen LogP contribution in [0.25, 0.3) is 0 Å². The van der Waals surface area contributed by atoms with Crippen molar-refractivity contribution < 1.29 is 19.5 Å². The van der Waals surface area contributed by atoms with Gasteiger partial charge in [-0.25, -0.2) is 0 Å². The van der Waals surface area contributed by atoms with E-state index in [4.69, 9.17) is 5.11 Å². The van der Waals surface area contributed by atoms with Crippen LogP contribution in [0.2, 0.25) is 0 Å². The second-order valence-corrected chi connectivity index (χ2v) is 5.95. The van der Waals surface area contributed by atoms with Gasteiger partial charge in [0.1, 0.15) is 0 Å². The SMILES string of the molecule is CCc1ccccc1N1CC(C(=O)N(CC)CCC(=O)O)CC1=O. The van der Waals surface area contributed by atoms with Crippen molar-refractivity contribution in [1.29, 1.82) is 0 Å². The minimum absolute atomic E-state index is 0.0523. The van der Waals surface area contributed by atoms with Crippen LogP contribution >= 0.6 is 0 Å². The monoisotopic (exact) mass is 332 g/mol. The lowest BCUT2D eigenvalue weighted by atomic mass is 10.1. The van der Waals surface area contributed by atoms with Crippen LogP contribution in [0.1, 0.15) is 32.3 Å². The Bertz CT molecular complexity index is 629. The second-order valence-electron chi connectivity index (χ2n) is 5.95. The van der Waals surface area contributed by atoms with Crippen molar-refractivity contribution in [2.24, 2.45) is 5.92 Å². The molecular weight excluding hydrogens is 308 g/mol. The summed E-state index contributed by atoms with van der Waals surface area (Å²) >= 11 is 0. The summed E-state index contributed by atoms with van der Waals surface area (Å²) in [6, 6.07) is 7.73. The molecule has 6 heteroatoms. The van der Waals surface area contributed by atoms with E-state index in [-0.39, 0.29) is 31.2 Å². The topological polar surface area (TPSA) is 77.9 Å². The normalized spacial score (nSPS) is 17.2. The molecule has 1 aromatic rings. The summed E-state index contributed by atoms with van der Waals surface area (Å²) in [7, 11) is 0. The third kappa shape index (κ3) is 3.93. The number of carboxylic acid groups (broad SMARTS) is 1. The Morgan fingerprint density at radius 2 is 2.00 bits per heavy atom. The number of carbonyl (C=O) groups excluding carboxylic acids is 2. The number of carboxylic acids is 1. The number of para-hydroxylation sites is 1. The molecule has 1 saturated heterocycles. The molecule has 130 valence electrons. The van der Waals surface area contributed by atoms with Crippen molar-refractivity contribution in [3.8, 4) is 0 Å². The zero-order valence-electron chi connectivity index (χ0n) is 14.2. The van der Waals surface area contributed by atoms with E-state index in [1.165, 1.54) is 4.90 Å². The number of aliphatic carboxylic acids is 1. The maximum absolute atomic E-state index is 12.6. The average Bonchev–Trinajstić information content (AvgIpc) is 2.96. The standard InChI is InChI=1S/C18H24N2O4/c1-3-13-7-5-6-8-15(13)20-12-14(11-16(20)21)18(24)19(4-2)10-9-17(22)23/h5-8,14H,3-4,9-12H2,1-2H3,(H,22,23). The molecule has 2 rings (SSSR count). The van der Waals surface area contributed by atoms with Gasteiger partial charge in [0.2, 0.25) is 11.8 Å². The molecule has 0 spiro atoms. The minimum atomic E-state index is -0.928. The summed E-state index contributed by atoms with van der Waals surface area (Å²) in [4.78, 5) is 39.0. The molecule has 1 unspecified atom stereocenters. The van der Waals surface area contributed by atoms with E-state index in [1.54, 1.807) is 4.90 Å². The first-order chi connectivity index (χ1) is 11.5. The number of hydrogen-bond acceptors (Lipinski definition) is 3. The molecule has 24 heavy (non-hydrogen) atoms. The Balaban J connectivity index is 2.10. The lowest BCUT2D eigenvalue weighted by Crippen LogP contribution is -2.38. The highest BCUT2D eigenvalue weighted by atomic mass is 16.4. The predicted octanol–water partition coefficient (Wildman–Crippen LogP) is 1.93. The van der Waals surface area contributed by atoms with Gasteiger partial charge in [-0.3, -0.25) is 14.4 Å². The number of carbonyl (C=O) groups is 3. The zero-order valence-corrected chi connectivity index (χ0v) is 14.2. The number of anilines is 1. The fraction of sp³-hybridized carbons (Fsp3) is 0.500. The van der Waals surface area contributed by atoms with E-state index in [0.29, 0.717) is 13.1 Å². The van der Waals surface area contributed by atoms with Gasteiger partial charge >= 0.3 is 5.97 Å². The van der Waals surface area contributed by atoms with Crippen LogP contribution in [0, 0.1) is 5.92 Å². The first-order valence-corrected chi connectivity index (χ1v) is 8.36. The summed E-state index contributed by atoms with van der Waals surface area (Å²) in [5.74, 6) is -1.52. The van der Waals surface area contributed by atoms with Crippen LogP contribution in [0.4, 0.5) is 5.69 Å². The molecule has 0 aliphatic carbocycles. The molecule has 1 aromatic carbocycles. The van der Waals surface area contributed by atoms with Crippen LogP contribution in [-0.2, 0) is 20.8 Å². The molecule has 2 amide bonds. The molecule has 1 aliphatic heterocycles. The van der Waals surface area contributed by atoms with Gasteiger partial charge in [-0.2, -0.15) is 0 Å². The number of nitrogens with zero attached hydrogens (tertiary/aromatic N) is 2. The van der Waals surface area contributed by atoms with Gasteiger partial charge in [0.15, 0.2) is 0 Å². The molecular formula is C18H24N2O4. The van der Waals surface area contributed by atoms with E-state index in [1.807, 2.05) is 38.1 Å². The van der Waals surface area contributed by atoms with Crippen molar-refractivity contribution in [1.82, 2.24) is 4.90 Å². The Labute approximate surface area is 142 Å². The molecule has 1 aliphatic rings. The van der Waals surface area contributed by atoms with Gasteiger partial charge in [0, 0.05) is 31.7 Å². The summed E-state index contributed by atoms with van der Waals surface area (Å²) in [6.45, 7) is 4.84. The highest BCUT2D eigenvalue weighted by Crippen LogP contribution is 2.29. The van der Waals surface area contributed by atoms with Crippen molar-refractivity contribution >= 4 is 23.5 Å². The van der Waals surface area contributed by atoms with Gasteiger partial charge in [-0.05, 0) is 25.0 Å². The molecule has 0 aromatic heterocycles. The van der Waals surface area contributed by atoms with Crippen LogP contribution in [0.15, 0.2) is 24.3 Å². The molecule has 6 nitrogen and oxygen atoms in total. The lowest BCUT2D eigenvalue weighted by molar-refractivity contribution is -0.139. The van der Waals surface area contributed by atoms with Crippen molar-refractivity contribution in [2.75, 3.05) is 24.5 Å². The third-order valence-corrected chi connectivity index (χ3v) is 4.43. The van der Waals surface area contributed by atoms with Crippen molar-refractivity contribution in [3.05, 3.63) is 29.8 Å². The van der Waals surface area contributed by atoms with E-state index >= 15 is 0 Å². The maximum atomic E-state index is 12.6. The summed E-state index contributed by atoms with van der Waals surface area (Å²) in [5.41, 5.74) is 1.95. The Kier molecular flexibility index (Phi) is 5.95. The minimum Gasteiger partial charge on any atom is -0.481 e. The first-order valence-electron chi connectivity index (χ1n) is 8.36. The van der Waals surface area contributed by atoms with Crippen LogP contribution in [0.5, 0.6) is 0 Å². The van der Waals surface area contributed by atoms with Crippen molar-refractivity contribution in [3.63, 3.8) is 0 Å². The third-order valence-electron chi connectivity index (χ3n) is 4.43. The van der Waals surface area contributed by atoms with Gasteiger partial charge in [-0.15, -0.1) is 0 Å². The molecule has 0 saturated carbocycles. The summed E-state index contributed by atoms with van der Waals surface area (Å²) in [5, 5.41) is 8.80. The maximum Gasteiger partial charge on any atom is 0.305 e. The molecule has 1 atom stereocenters. The van der Waals surface area contributed by atoms with Crippen LogP contribution in [-0.4, -0.2) is 47.4 Å². The molecule has 0 radical (unpaired) electrons. The van der Waals surface area contributed by atoms with E-state index in [2.05, 4.69) is 0 Å². The van der Waals surface area contributed by atoms with Gasteiger partial charge in [-0.1, -0.05) is 25.1 Å². The van der Waals surface area contributed by atoms with Gasteiger partial charge < -0.3 is 14.9 Å². The highest BCUT2D eigenvalue weighted by Gasteiger charge is 2.37. The summed E-state index contributed by atoms with van der Waals surface area (Å²) in [6.07, 6.45) is 0.918. The molecule has 1 N–H and O–H groups in total. The Morgan fingerprint density at radius 3 is 2.62 bits per heavy atom. The van der Waals surface area contributed by atoms with Crippen LogP contribution in [0.3, 0.4) is 0 Å². The number of hydrogen-bond donors (Lipinski definition) is 1. The molecule has 1 heterocycles. The lowest BCUT2D eigenvalue weighted by Gasteiger charge is -2.24. The fourth-order valence-electron chi connectivity index (χ4n) is 3.09. The van der Waals surface area contributed by atoms with Crippen LogP contribution < -0.4 is 4.90 Å². The highest BCUT2D eigenvalue weighted by molar-refractivity contribution is 6.00. The molecule has 1 fully saturated rings.